The van der Waals surface area contributed by atoms with Crippen LogP contribution in [0.25, 0.3) is 0 Å². The molecular weight excluding hydrogens is 557 g/mol. The zero-order valence-electron chi connectivity index (χ0n) is 22.4. The largest absolute Gasteiger partial charge is 0.354 e. The van der Waals surface area contributed by atoms with Gasteiger partial charge in [0.2, 0.25) is 11.8 Å². The first-order valence-corrected chi connectivity index (χ1v) is 14.7. The van der Waals surface area contributed by atoms with Crippen LogP contribution in [0.4, 0.5) is 5.69 Å². The van der Waals surface area contributed by atoms with E-state index >= 15 is 0 Å². The highest BCUT2D eigenvalue weighted by Gasteiger charge is 2.33. The Morgan fingerprint density at radius 1 is 0.923 bits per heavy atom. The molecule has 0 saturated heterocycles. The Labute approximate surface area is 240 Å². The zero-order chi connectivity index (χ0) is 28.7. The second-order valence-corrected chi connectivity index (χ2v) is 12.4. The van der Waals surface area contributed by atoms with Crippen molar-refractivity contribution in [2.45, 2.75) is 45.2 Å². The molecule has 0 aromatic heterocycles. The molecule has 7 nitrogen and oxygen atoms in total. The van der Waals surface area contributed by atoms with Crippen LogP contribution < -0.4 is 9.62 Å². The normalized spacial score (nSPS) is 12.2. The Balaban J connectivity index is 2.03. The van der Waals surface area contributed by atoms with Crippen molar-refractivity contribution >= 4 is 50.7 Å². The van der Waals surface area contributed by atoms with Gasteiger partial charge in [-0.1, -0.05) is 85.1 Å². The summed E-state index contributed by atoms with van der Waals surface area (Å²) in [6.45, 7) is 7.49. The van der Waals surface area contributed by atoms with Gasteiger partial charge < -0.3 is 10.2 Å². The molecule has 0 bridgehead atoms. The number of nitrogens with zero attached hydrogens (tertiary/aromatic N) is 2. The maximum atomic E-state index is 13.9. The number of nitrogens with one attached hydrogen (secondary N) is 1. The van der Waals surface area contributed by atoms with Gasteiger partial charge >= 0.3 is 0 Å². The van der Waals surface area contributed by atoms with Gasteiger partial charge in [0, 0.05) is 18.1 Å². The Hall–Kier alpha value is -3.07. The molecule has 0 aliphatic rings. The van der Waals surface area contributed by atoms with E-state index in [1.165, 1.54) is 35.2 Å². The predicted molar refractivity (Wildman–Crippen MR) is 156 cm³/mol. The second-order valence-electron chi connectivity index (χ2n) is 9.74. The minimum absolute atomic E-state index is 0.0124. The molecule has 0 spiro atoms. The summed E-state index contributed by atoms with van der Waals surface area (Å²) in [5.74, 6) is -0.681. The van der Waals surface area contributed by atoms with Gasteiger partial charge in [-0.2, -0.15) is 0 Å². The number of carbonyl (C=O) groups excluding carboxylic acids is 2. The van der Waals surface area contributed by atoms with E-state index < -0.39 is 28.5 Å². The van der Waals surface area contributed by atoms with E-state index in [0.29, 0.717) is 6.54 Å². The van der Waals surface area contributed by atoms with Crippen LogP contribution in [0.1, 0.15) is 31.9 Å². The van der Waals surface area contributed by atoms with Crippen LogP contribution in [0.5, 0.6) is 0 Å². The summed E-state index contributed by atoms with van der Waals surface area (Å²) in [6, 6.07) is 18.9. The van der Waals surface area contributed by atoms with E-state index in [4.69, 9.17) is 23.2 Å². The van der Waals surface area contributed by atoms with E-state index in [-0.39, 0.29) is 39.0 Å². The predicted octanol–water partition coefficient (Wildman–Crippen LogP) is 5.69. The van der Waals surface area contributed by atoms with Gasteiger partial charge in [-0.3, -0.25) is 13.9 Å². The number of anilines is 1. The minimum atomic E-state index is -4.23. The van der Waals surface area contributed by atoms with Crippen LogP contribution in [-0.2, 0) is 26.2 Å². The monoisotopic (exact) mass is 589 g/mol. The Morgan fingerprint density at radius 3 is 2.18 bits per heavy atom. The molecule has 1 N–H and O–H groups in total. The summed E-state index contributed by atoms with van der Waals surface area (Å²) in [5, 5.41) is 3.23. The molecule has 1 atom stereocenters. The molecule has 0 unspecified atom stereocenters. The molecule has 39 heavy (non-hydrogen) atoms. The van der Waals surface area contributed by atoms with Gasteiger partial charge in [-0.15, -0.1) is 0 Å². The van der Waals surface area contributed by atoms with Gasteiger partial charge in [-0.25, -0.2) is 8.42 Å². The SMILES string of the molecule is Cc1ccc(CN(C(=O)CN(c2cc(Cl)ccc2Cl)S(=O)(=O)c2ccccc2)[C@H](C)C(=O)NCC(C)C)cc1. The number of amides is 2. The fourth-order valence-electron chi connectivity index (χ4n) is 3.84. The molecule has 0 saturated carbocycles. The Kier molecular flexibility index (Phi) is 10.4. The van der Waals surface area contributed by atoms with E-state index in [0.717, 1.165) is 15.4 Å². The van der Waals surface area contributed by atoms with Gasteiger partial charge in [0.1, 0.15) is 12.6 Å². The maximum absolute atomic E-state index is 13.9. The standard InChI is InChI=1S/C29H33Cl2N3O4S/c1-20(2)17-32-29(36)22(4)33(18-23-12-10-21(3)11-13-23)28(35)19-34(27-16-24(30)14-15-26(27)31)39(37,38)25-8-6-5-7-9-25/h5-16,20,22H,17-19H2,1-4H3,(H,32,36)/t22-/m1/s1. The Morgan fingerprint density at radius 2 is 1.56 bits per heavy atom. The molecule has 3 aromatic rings. The van der Waals surface area contributed by atoms with Crippen LogP contribution in [-0.4, -0.2) is 44.3 Å². The highest BCUT2D eigenvalue weighted by Crippen LogP contribution is 2.33. The van der Waals surface area contributed by atoms with Crippen molar-refractivity contribution in [3.63, 3.8) is 0 Å². The number of benzene rings is 3. The molecule has 2 amide bonds. The summed E-state index contributed by atoms with van der Waals surface area (Å²) in [7, 11) is -4.23. The first-order chi connectivity index (χ1) is 18.4. The van der Waals surface area contributed by atoms with Crippen molar-refractivity contribution in [2.24, 2.45) is 5.92 Å². The van der Waals surface area contributed by atoms with E-state index in [2.05, 4.69) is 5.32 Å². The summed E-state index contributed by atoms with van der Waals surface area (Å²) >= 11 is 12.6. The zero-order valence-corrected chi connectivity index (χ0v) is 24.7. The van der Waals surface area contributed by atoms with Crippen molar-refractivity contribution in [3.05, 3.63) is 94.0 Å². The molecule has 3 aromatic carbocycles. The third-order valence-corrected chi connectivity index (χ3v) is 8.44. The van der Waals surface area contributed by atoms with Crippen molar-refractivity contribution in [3.8, 4) is 0 Å². The van der Waals surface area contributed by atoms with E-state index in [1.807, 2.05) is 45.0 Å². The molecule has 0 aliphatic carbocycles. The Bertz CT molecular complexity index is 1400. The quantitative estimate of drug-likeness (QED) is 0.311. The fraction of sp³-hybridized carbons (Fsp3) is 0.310. The number of halogens is 2. The van der Waals surface area contributed by atoms with Gasteiger partial charge in [0.05, 0.1) is 15.6 Å². The van der Waals surface area contributed by atoms with Gasteiger partial charge in [0.15, 0.2) is 0 Å². The minimum Gasteiger partial charge on any atom is -0.354 e. The van der Waals surface area contributed by atoms with Crippen molar-refractivity contribution in [2.75, 3.05) is 17.4 Å². The molecule has 0 fully saturated rings. The van der Waals surface area contributed by atoms with Crippen molar-refractivity contribution in [1.29, 1.82) is 0 Å². The smallest absolute Gasteiger partial charge is 0.264 e. The van der Waals surface area contributed by atoms with Crippen LogP contribution >= 0.6 is 23.2 Å². The van der Waals surface area contributed by atoms with Gasteiger partial charge in [-0.05, 0) is 55.7 Å². The molecule has 0 heterocycles. The van der Waals surface area contributed by atoms with E-state index in [1.54, 1.807) is 25.1 Å². The van der Waals surface area contributed by atoms with Crippen LogP contribution in [0.3, 0.4) is 0 Å². The topological polar surface area (TPSA) is 86.8 Å². The number of aryl methyl sites for hydroxylation is 1. The highest BCUT2D eigenvalue weighted by molar-refractivity contribution is 7.92. The summed E-state index contributed by atoms with van der Waals surface area (Å²) in [6.07, 6.45) is 0. The highest BCUT2D eigenvalue weighted by atomic mass is 35.5. The van der Waals surface area contributed by atoms with Crippen molar-refractivity contribution in [1.82, 2.24) is 10.2 Å². The van der Waals surface area contributed by atoms with Crippen LogP contribution in [0, 0.1) is 12.8 Å². The lowest BCUT2D eigenvalue weighted by Gasteiger charge is -2.32. The molecule has 3 rings (SSSR count). The van der Waals surface area contributed by atoms with Crippen LogP contribution in [0.2, 0.25) is 10.0 Å². The lowest BCUT2D eigenvalue weighted by atomic mass is 10.1. The van der Waals surface area contributed by atoms with Gasteiger partial charge in [0.25, 0.3) is 10.0 Å². The molecule has 208 valence electrons. The van der Waals surface area contributed by atoms with Crippen molar-refractivity contribution < 1.29 is 18.0 Å². The first-order valence-electron chi connectivity index (χ1n) is 12.6. The fourth-order valence-corrected chi connectivity index (χ4v) is 5.72. The second kappa shape index (κ2) is 13.3. The third-order valence-electron chi connectivity index (χ3n) is 6.11. The number of carbonyl (C=O) groups is 2. The number of hydrogen-bond donors (Lipinski definition) is 1. The van der Waals surface area contributed by atoms with E-state index in [9.17, 15) is 18.0 Å². The average Bonchev–Trinajstić information content (AvgIpc) is 2.91. The lowest BCUT2D eigenvalue weighted by Crippen LogP contribution is -2.51. The summed E-state index contributed by atoms with van der Waals surface area (Å²) < 4.78 is 28.6. The number of hydrogen-bond acceptors (Lipinski definition) is 4. The molecule has 0 aliphatic heterocycles. The number of sulfonamides is 1. The first kappa shape index (κ1) is 30.5. The molecular formula is C29H33Cl2N3O4S. The average molecular weight is 591 g/mol. The summed E-state index contributed by atoms with van der Waals surface area (Å²) in [5.41, 5.74) is 1.92. The number of rotatable bonds is 11. The lowest BCUT2D eigenvalue weighted by molar-refractivity contribution is -0.139. The molecule has 10 heteroatoms. The third kappa shape index (κ3) is 7.97. The van der Waals surface area contributed by atoms with Crippen LogP contribution in [0.15, 0.2) is 77.7 Å². The maximum Gasteiger partial charge on any atom is 0.264 e. The summed E-state index contributed by atoms with van der Waals surface area (Å²) in [4.78, 5) is 28.3. The molecule has 0 radical (unpaired) electrons.